The van der Waals surface area contributed by atoms with Gasteiger partial charge in [0.1, 0.15) is 0 Å². The van der Waals surface area contributed by atoms with Crippen LogP contribution in [0.2, 0.25) is 0 Å². The molecule has 47 valence electrons. The second-order valence-corrected chi connectivity index (χ2v) is 5.93. The monoisotopic (exact) mass is 205 g/mol. The zero-order chi connectivity index (χ0) is 6.83. The molecule has 0 aromatic heterocycles. The summed E-state index contributed by atoms with van der Waals surface area (Å²) in [6.45, 7) is 5.85. The van der Waals surface area contributed by atoms with Crippen LogP contribution in [0.25, 0.3) is 0 Å². The molecule has 3 heteroatoms. The fourth-order valence-electron chi connectivity index (χ4n) is 0.250. The topological polar surface area (TPSA) is 0 Å². The Morgan fingerprint density at radius 3 is 1.88 bits per heavy atom. The molecule has 0 rings (SSSR count). The average molecular weight is 207 g/mol. The first-order chi connectivity index (χ1) is 3.83. The van der Waals surface area contributed by atoms with Gasteiger partial charge in [-0.2, -0.15) is 0 Å². The third-order valence-electron chi connectivity index (χ3n) is 0.604. The average Bonchev–Trinajstić information content (AvgIpc) is 1.71. The summed E-state index contributed by atoms with van der Waals surface area (Å²) >= 11 is -0.931. The Bertz CT molecular complexity index is 24.4. The molecular weight excluding hydrogens is 196 g/mol. The summed E-state index contributed by atoms with van der Waals surface area (Å²) in [6, 6.07) is 0. The van der Waals surface area contributed by atoms with Crippen molar-refractivity contribution in [2.75, 3.05) is 0 Å². The fraction of sp³-hybridized carbons (Fsp3) is 0.800. The van der Waals surface area contributed by atoms with Crippen molar-refractivity contribution >= 4 is 19.4 Å². The Balaban J connectivity index is 0. The van der Waals surface area contributed by atoms with Crippen LogP contribution in [0.1, 0.15) is 26.2 Å². The van der Waals surface area contributed by atoms with Crippen LogP contribution in [-0.2, 0) is 15.1 Å². The van der Waals surface area contributed by atoms with Gasteiger partial charge in [-0.25, -0.2) is 0 Å². The van der Waals surface area contributed by atoms with E-state index in [1.807, 2.05) is 0 Å². The van der Waals surface area contributed by atoms with Crippen molar-refractivity contribution in [2.24, 2.45) is 0 Å². The molecule has 0 aromatic rings. The first-order valence-corrected chi connectivity index (χ1v) is 10.5. The van der Waals surface area contributed by atoms with E-state index in [9.17, 15) is 0 Å². The molecular formula is C5H11Cl2Zn. The van der Waals surface area contributed by atoms with Gasteiger partial charge in [0.2, 0.25) is 0 Å². The van der Waals surface area contributed by atoms with Gasteiger partial charge >= 0.3 is 34.5 Å². The predicted octanol–water partition coefficient (Wildman–Crippen LogP) is 3.39. The molecule has 0 unspecified atom stereocenters. The van der Waals surface area contributed by atoms with Crippen LogP contribution in [0.15, 0.2) is 0 Å². The van der Waals surface area contributed by atoms with Crippen LogP contribution in [0.4, 0.5) is 0 Å². The number of rotatable bonds is 2. The van der Waals surface area contributed by atoms with Gasteiger partial charge in [-0.1, -0.05) is 33.1 Å². The second-order valence-electron chi connectivity index (χ2n) is 1.31. The van der Waals surface area contributed by atoms with Gasteiger partial charge in [0.05, 0.1) is 0 Å². The fourth-order valence-corrected chi connectivity index (χ4v) is 0.250. The molecule has 0 fully saturated rings. The third-order valence-corrected chi connectivity index (χ3v) is 0.604. The SMILES string of the molecule is [CH2]CCCC.[Cl][Zn][Cl]. The molecule has 0 aromatic carbocycles. The summed E-state index contributed by atoms with van der Waals surface area (Å²) in [5, 5.41) is 0. The Morgan fingerprint density at radius 1 is 1.50 bits per heavy atom. The number of halogens is 2. The molecule has 0 heterocycles. The van der Waals surface area contributed by atoms with E-state index in [4.69, 9.17) is 19.4 Å². The Hall–Kier alpha value is 1.20. The van der Waals surface area contributed by atoms with Gasteiger partial charge in [0.15, 0.2) is 0 Å². The van der Waals surface area contributed by atoms with Crippen LogP contribution < -0.4 is 0 Å². The van der Waals surface area contributed by atoms with Crippen molar-refractivity contribution < 1.29 is 15.1 Å². The van der Waals surface area contributed by atoms with E-state index < -0.39 is 15.1 Å². The Morgan fingerprint density at radius 2 is 1.88 bits per heavy atom. The van der Waals surface area contributed by atoms with Crippen LogP contribution in [0, 0.1) is 6.92 Å². The van der Waals surface area contributed by atoms with Crippen molar-refractivity contribution in [3.63, 3.8) is 0 Å². The summed E-state index contributed by atoms with van der Waals surface area (Å²) < 4.78 is 0. The minimum atomic E-state index is -0.931. The van der Waals surface area contributed by atoms with Gasteiger partial charge in [-0.05, 0) is 0 Å². The normalized spacial score (nSPS) is 6.50. The van der Waals surface area contributed by atoms with Crippen LogP contribution in [0.3, 0.4) is 0 Å². The Labute approximate surface area is 67.6 Å². The summed E-state index contributed by atoms with van der Waals surface area (Å²) in [6.07, 6.45) is 3.65. The van der Waals surface area contributed by atoms with E-state index in [2.05, 4.69) is 13.8 Å². The first kappa shape index (κ1) is 11.9. The quantitative estimate of drug-likeness (QED) is 0.609. The molecule has 0 saturated carbocycles. The van der Waals surface area contributed by atoms with Crippen LogP contribution >= 0.6 is 19.4 Å². The van der Waals surface area contributed by atoms with Crippen molar-refractivity contribution in [3.8, 4) is 0 Å². The van der Waals surface area contributed by atoms with E-state index in [1.165, 1.54) is 12.8 Å². The van der Waals surface area contributed by atoms with Gasteiger partial charge in [0, 0.05) is 0 Å². The molecule has 0 aliphatic carbocycles. The summed E-state index contributed by atoms with van der Waals surface area (Å²) in [4.78, 5) is 0. The zero-order valence-electron chi connectivity index (χ0n) is 5.29. The van der Waals surface area contributed by atoms with Gasteiger partial charge in [-0.15, -0.1) is 0 Å². The molecule has 0 N–H and O–H groups in total. The van der Waals surface area contributed by atoms with Crippen molar-refractivity contribution in [1.82, 2.24) is 0 Å². The maximum atomic E-state index is 4.95. The second kappa shape index (κ2) is 15.7. The van der Waals surface area contributed by atoms with E-state index in [-0.39, 0.29) is 0 Å². The van der Waals surface area contributed by atoms with Crippen molar-refractivity contribution in [1.29, 1.82) is 0 Å². The first-order valence-electron chi connectivity index (χ1n) is 2.74. The molecule has 0 aliphatic heterocycles. The van der Waals surface area contributed by atoms with Gasteiger partial charge < -0.3 is 0 Å². The molecule has 0 aliphatic rings. The van der Waals surface area contributed by atoms with E-state index in [1.54, 1.807) is 0 Å². The molecule has 1 radical (unpaired) electrons. The van der Waals surface area contributed by atoms with Crippen molar-refractivity contribution in [2.45, 2.75) is 26.2 Å². The van der Waals surface area contributed by atoms with E-state index in [0.717, 1.165) is 6.42 Å². The van der Waals surface area contributed by atoms with E-state index in [0.29, 0.717) is 0 Å². The predicted molar refractivity (Wildman–Crippen MR) is 36.6 cm³/mol. The van der Waals surface area contributed by atoms with Crippen LogP contribution in [0.5, 0.6) is 0 Å². The molecule has 0 amide bonds. The van der Waals surface area contributed by atoms with E-state index >= 15 is 0 Å². The third kappa shape index (κ3) is 27.0. The van der Waals surface area contributed by atoms with Crippen molar-refractivity contribution in [3.05, 3.63) is 6.92 Å². The molecule has 8 heavy (non-hydrogen) atoms. The molecule has 0 bridgehead atoms. The summed E-state index contributed by atoms with van der Waals surface area (Å²) in [5.74, 6) is 0. The number of hydrogen-bond acceptors (Lipinski definition) is 0. The number of unbranched alkanes of at least 4 members (excludes halogenated alkanes) is 2. The molecule has 0 nitrogen and oxygen atoms in total. The van der Waals surface area contributed by atoms with Gasteiger partial charge in [-0.3, -0.25) is 0 Å². The summed E-state index contributed by atoms with van der Waals surface area (Å²) in [5.41, 5.74) is 0. The zero-order valence-corrected chi connectivity index (χ0v) is 9.77. The molecule has 0 spiro atoms. The number of hydrogen-bond donors (Lipinski definition) is 0. The van der Waals surface area contributed by atoms with Gasteiger partial charge in [0.25, 0.3) is 0 Å². The maximum absolute atomic E-state index is 4.95. The standard InChI is InChI=1S/C5H11.2ClH.Zn/c1-3-5-4-2;;;/h1,3-5H2,2H3;2*1H;/q;;;+2/p-2. The minimum absolute atomic E-state index is 0.931. The molecule has 0 saturated heterocycles. The van der Waals surface area contributed by atoms with Crippen LogP contribution in [-0.4, -0.2) is 0 Å². The summed E-state index contributed by atoms with van der Waals surface area (Å²) in [7, 11) is 9.90. The Kier molecular flexibility index (Phi) is 23.5. The molecule has 0 atom stereocenters.